The second kappa shape index (κ2) is 8.03. The van der Waals surface area contributed by atoms with E-state index in [-0.39, 0.29) is 5.38 Å². The van der Waals surface area contributed by atoms with Crippen LogP contribution >= 0.6 is 23.4 Å². The Morgan fingerprint density at radius 3 is 2.88 bits per heavy atom. The lowest BCUT2D eigenvalue weighted by Gasteiger charge is -2.48. The molecule has 2 fully saturated rings. The number of fused-ring (bicyclic) bond motifs is 1. The molecule has 1 N–H and O–H groups in total. The number of allylic oxidation sites excluding steroid dienone is 3. The predicted octanol–water partition coefficient (Wildman–Crippen LogP) is 3.42. The van der Waals surface area contributed by atoms with Crippen LogP contribution in [0, 0.1) is 0 Å². The smallest absolute Gasteiger partial charge is 0.0574 e. The average molecular weight is 368 g/mol. The zero-order valence-electron chi connectivity index (χ0n) is 14.6. The van der Waals surface area contributed by atoms with Gasteiger partial charge in [-0.3, -0.25) is 0 Å². The minimum atomic E-state index is 0.181. The minimum absolute atomic E-state index is 0.181. The molecule has 4 rings (SSSR count). The van der Waals surface area contributed by atoms with Crippen molar-refractivity contribution in [1.82, 2.24) is 15.1 Å². The summed E-state index contributed by atoms with van der Waals surface area (Å²) in [5, 5.41) is 4.43. The molecule has 0 aromatic carbocycles. The summed E-state index contributed by atoms with van der Waals surface area (Å²) >= 11 is 8.60. The molecule has 5 heteroatoms. The van der Waals surface area contributed by atoms with Gasteiger partial charge in [0, 0.05) is 61.0 Å². The quantitative estimate of drug-likeness (QED) is 0.767. The van der Waals surface area contributed by atoms with E-state index in [0.29, 0.717) is 0 Å². The van der Waals surface area contributed by atoms with Crippen LogP contribution in [0.25, 0.3) is 0 Å². The van der Waals surface area contributed by atoms with E-state index in [0.717, 1.165) is 30.8 Å². The van der Waals surface area contributed by atoms with Crippen LogP contribution in [0.1, 0.15) is 38.5 Å². The van der Waals surface area contributed by atoms with Crippen LogP contribution in [-0.4, -0.2) is 65.7 Å². The molecule has 1 saturated heterocycles. The van der Waals surface area contributed by atoms with Gasteiger partial charge in [-0.15, -0.1) is 23.4 Å². The number of nitrogens with one attached hydrogen (secondary N) is 1. The molecule has 3 unspecified atom stereocenters. The standard InChI is InChI=1S/C19H30ClN3S/c20-15-6-7-19-17(14-15)23(16-4-1-2-5-18(16)24-19)11-3-10-22-12-8-21-9-13-22/h6-7,15-16,18,21H,1-5,8-14H2. The summed E-state index contributed by atoms with van der Waals surface area (Å²) < 4.78 is 0. The Kier molecular flexibility index (Phi) is 5.77. The first-order valence-corrected chi connectivity index (χ1v) is 11.0. The molecule has 2 aliphatic carbocycles. The van der Waals surface area contributed by atoms with Gasteiger partial charge in [0.1, 0.15) is 0 Å². The largest absolute Gasteiger partial charge is 0.370 e. The summed E-state index contributed by atoms with van der Waals surface area (Å²) in [5.74, 6) is 0. The molecule has 2 heterocycles. The van der Waals surface area contributed by atoms with Crippen molar-refractivity contribution in [3.63, 3.8) is 0 Å². The Labute approximate surface area is 155 Å². The van der Waals surface area contributed by atoms with E-state index >= 15 is 0 Å². The molecular formula is C19H30ClN3S. The maximum Gasteiger partial charge on any atom is 0.0574 e. The van der Waals surface area contributed by atoms with E-state index in [2.05, 4.69) is 39.0 Å². The average Bonchev–Trinajstić information content (AvgIpc) is 2.62. The zero-order valence-corrected chi connectivity index (χ0v) is 16.1. The van der Waals surface area contributed by atoms with Gasteiger partial charge in [0.2, 0.25) is 0 Å². The number of hydrogen-bond acceptors (Lipinski definition) is 4. The SMILES string of the molecule is ClC1C=CC2=C(C1)N(CCCN1CCNCC1)C1CCCCC1S2. The van der Waals surface area contributed by atoms with Gasteiger partial charge in [-0.2, -0.15) is 0 Å². The van der Waals surface area contributed by atoms with Crippen LogP contribution in [-0.2, 0) is 0 Å². The third-order valence-electron chi connectivity index (χ3n) is 5.91. The maximum absolute atomic E-state index is 6.46. The van der Waals surface area contributed by atoms with Crippen molar-refractivity contribution < 1.29 is 0 Å². The summed E-state index contributed by atoms with van der Waals surface area (Å²) in [4.78, 5) is 6.90. The van der Waals surface area contributed by atoms with Gasteiger partial charge in [-0.05, 0) is 31.9 Å². The van der Waals surface area contributed by atoms with E-state index in [1.165, 1.54) is 63.2 Å². The molecule has 0 aromatic heterocycles. The van der Waals surface area contributed by atoms with Crippen molar-refractivity contribution >= 4 is 23.4 Å². The van der Waals surface area contributed by atoms with Crippen molar-refractivity contribution in [2.45, 2.75) is 55.2 Å². The molecule has 1 saturated carbocycles. The number of rotatable bonds is 4. The first-order valence-electron chi connectivity index (χ1n) is 9.73. The Morgan fingerprint density at radius 1 is 1.17 bits per heavy atom. The van der Waals surface area contributed by atoms with Crippen LogP contribution in [0.4, 0.5) is 0 Å². The van der Waals surface area contributed by atoms with Crippen molar-refractivity contribution in [1.29, 1.82) is 0 Å². The van der Waals surface area contributed by atoms with E-state index in [1.54, 1.807) is 5.70 Å². The van der Waals surface area contributed by atoms with E-state index in [1.807, 2.05) is 0 Å². The monoisotopic (exact) mass is 367 g/mol. The topological polar surface area (TPSA) is 18.5 Å². The van der Waals surface area contributed by atoms with Gasteiger partial charge in [0.25, 0.3) is 0 Å². The highest BCUT2D eigenvalue weighted by atomic mass is 35.5. The third kappa shape index (κ3) is 3.82. The fourth-order valence-electron chi connectivity index (χ4n) is 4.64. The molecule has 0 amide bonds. The van der Waals surface area contributed by atoms with Crippen LogP contribution in [0.2, 0.25) is 0 Å². The lowest BCUT2D eigenvalue weighted by molar-refractivity contribution is 0.175. The minimum Gasteiger partial charge on any atom is -0.370 e. The lowest BCUT2D eigenvalue weighted by Crippen LogP contribution is -2.49. The molecule has 0 bridgehead atoms. The Morgan fingerprint density at radius 2 is 2.00 bits per heavy atom. The van der Waals surface area contributed by atoms with Gasteiger partial charge in [-0.25, -0.2) is 0 Å². The predicted molar refractivity (Wildman–Crippen MR) is 105 cm³/mol. The number of piperazine rings is 1. The highest BCUT2D eigenvalue weighted by Gasteiger charge is 2.38. The summed E-state index contributed by atoms with van der Waals surface area (Å²) in [7, 11) is 0. The second-order valence-electron chi connectivity index (χ2n) is 7.54. The molecule has 0 radical (unpaired) electrons. The van der Waals surface area contributed by atoms with E-state index in [9.17, 15) is 0 Å². The first-order chi connectivity index (χ1) is 11.8. The number of nitrogens with zero attached hydrogens (tertiary/aromatic N) is 2. The number of alkyl halides is 1. The van der Waals surface area contributed by atoms with Crippen LogP contribution in [0.3, 0.4) is 0 Å². The third-order valence-corrected chi connectivity index (χ3v) is 7.68. The van der Waals surface area contributed by atoms with Crippen LogP contribution < -0.4 is 5.32 Å². The summed E-state index contributed by atoms with van der Waals surface area (Å²) in [6.07, 6.45) is 12.4. The molecule has 3 nitrogen and oxygen atoms in total. The fraction of sp³-hybridized carbons (Fsp3) is 0.789. The molecule has 4 aliphatic rings. The highest BCUT2D eigenvalue weighted by molar-refractivity contribution is 8.04. The molecule has 0 aromatic rings. The summed E-state index contributed by atoms with van der Waals surface area (Å²) in [5.41, 5.74) is 1.55. The van der Waals surface area contributed by atoms with Crippen molar-refractivity contribution in [3.8, 4) is 0 Å². The Balaban J connectivity index is 1.43. The maximum atomic E-state index is 6.46. The molecule has 134 valence electrons. The van der Waals surface area contributed by atoms with Crippen molar-refractivity contribution in [2.24, 2.45) is 0 Å². The lowest BCUT2D eigenvalue weighted by atomic mass is 9.91. The van der Waals surface area contributed by atoms with Crippen LogP contribution in [0.15, 0.2) is 22.8 Å². The normalized spacial score (nSPS) is 34.2. The van der Waals surface area contributed by atoms with Gasteiger partial charge >= 0.3 is 0 Å². The van der Waals surface area contributed by atoms with Gasteiger partial charge in [0.15, 0.2) is 0 Å². The van der Waals surface area contributed by atoms with Crippen molar-refractivity contribution in [2.75, 3.05) is 39.3 Å². The molecule has 24 heavy (non-hydrogen) atoms. The summed E-state index contributed by atoms with van der Waals surface area (Å²) in [6, 6.07) is 0.751. The molecule has 3 atom stereocenters. The molecule has 0 spiro atoms. The first kappa shape index (κ1) is 17.3. The Hall–Kier alpha value is -0.160. The zero-order chi connectivity index (χ0) is 16.4. The fourth-order valence-corrected chi connectivity index (χ4v) is 6.41. The second-order valence-corrected chi connectivity index (χ2v) is 9.38. The van der Waals surface area contributed by atoms with E-state index < -0.39 is 0 Å². The van der Waals surface area contributed by atoms with Gasteiger partial charge in [-0.1, -0.05) is 18.9 Å². The Bertz CT molecular complexity index is 501. The van der Waals surface area contributed by atoms with Crippen molar-refractivity contribution in [3.05, 3.63) is 22.8 Å². The van der Waals surface area contributed by atoms with Gasteiger partial charge in [0.05, 0.1) is 5.38 Å². The number of hydrogen-bond donors (Lipinski definition) is 1. The van der Waals surface area contributed by atoms with Gasteiger partial charge < -0.3 is 15.1 Å². The van der Waals surface area contributed by atoms with Crippen LogP contribution in [0.5, 0.6) is 0 Å². The molecule has 2 aliphatic heterocycles. The summed E-state index contributed by atoms with van der Waals surface area (Å²) in [6.45, 7) is 7.18. The number of halogens is 1. The highest BCUT2D eigenvalue weighted by Crippen LogP contribution is 2.46. The molecular weight excluding hydrogens is 338 g/mol. The van der Waals surface area contributed by atoms with E-state index in [4.69, 9.17) is 11.6 Å². The number of thioether (sulfide) groups is 1.